The molecular formula is C61H49N3. The molecule has 0 aliphatic heterocycles. The van der Waals surface area contributed by atoms with Crippen LogP contribution < -0.4 is 0 Å². The van der Waals surface area contributed by atoms with Gasteiger partial charge in [-0.2, -0.15) is 0 Å². The van der Waals surface area contributed by atoms with Gasteiger partial charge in [0, 0.05) is 35.3 Å². The fourth-order valence-corrected chi connectivity index (χ4v) is 7.72. The van der Waals surface area contributed by atoms with Gasteiger partial charge in [0.15, 0.2) is 0 Å². The highest BCUT2D eigenvalue weighted by molar-refractivity contribution is 5.80. The molecule has 3 aromatic heterocycles. The lowest BCUT2D eigenvalue weighted by Gasteiger charge is -2.19. The summed E-state index contributed by atoms with van der Waals surface area (Å²) in [6, 6.07) is 66.2. The minimum absolute atomic E-state index is 0.0645. The normalized spacial score (nSPS) is 11.8. The molecule has 9 rings (SSSR count). The van der Waals surface area contributed by atoms with Gasteiger partial charge in [0.25, 0.3) is 0 Å². The molecule has 0 N–H and O–H groups in total. The third-order valence-corrected chi connectivity index (χ3v) is 11.4. The Morgan fingerprint density at radius 1 is 0.281 bits per heavy atom. The molecule has 0 saturated heterocycles. The molecule has 0 unspecified atom stereocenters. The van der Waals surface area contributed by atoms with Gasteiger partial charge < -0.3 is 0 Å². The van der Waals surface area contributed by atoms with Gasteiger partial charge in [-0.3, -0.25) is 15.0 Å². The van der Waals surface area contributed by atoms with Crippen LogP contribution in [0.15, 0.2) is 207 Å². The van der Waals surface area contributed by atoms with E-state index in [2.05, 4.69) is 248 Å². The molecule has 308 valence electrons. The maximum Gasteiger partial charge on any atom is 0.0708 e. The number of hydrogen-bond acceptors (Lipinski definition) is 3. The molecule has 3 heteroatoms. The molecule has 3 heterocycles. The molecule has 0 saturated carbocycles. The van der Waals surface area contributed by atoms with Crippen molar-refractivity contribution < 1.29 is 0 Å². The highest BCUT2D eigenvalue weighted by Crippen LogP contribution is 2.29. The minimum atomic E-state index is 0.0645. The molecule has 3 nitrogen and oxygen atoms in total. The summed E-state index contributed by atoms with van der Waals surface area (Å²) in [7, 11) is 0. The minimum Gasteiger partial charge on any atom is -0.256 e. The van der Waals surface area contributed by atoms with Crippen LogP contribution in [0.3, 0.4) is 0 Å². The van der Waals surface area contributed by atoms with E-state index in [-0.39, 0.29) is 5.41 Å². The lowest BCUT2D eigenvalue weighted by atomic mass is 9.87. The van der Waals surface area contributed by atoms with Gasteiger partial charge in [0.1, 0.15) is 0 Å². The maximum absolute atomic E-state index is 4.68. The zero-order valence-electron chi connectivity index (χ0n) is 36.4. The van der Waals surface area contributed by atoms with Crippen LogP contribution in [0.4, 0.5) is 0 Å². The second-order valence-corrected chi connectivity index (χ2v) is 17.1. The van der Waals surface area contributed by atoms with Crippen LogP contribution in [0.1, 0.15) is 59.7 Å². The molecule has 0 radical (unpaired) electrons. The number of nitrogens with zero attached hydrogens (tertiary/aromatic N) is 3. The fraction of sp³-hybridized carbons (Fsp3) is 0.0656. The van der Waals surface area contributed by atoms with Gasteiger partial charge in [0.05, 0.1) is 17.1 Å². The Morgan fingerprint density at radius 2 is 0.609 bits per heavy atom. The fourth-order valence-electron chi connectivity index (χ4n) is 7.72. The quantitative estimate of drug-likeness (QED) is 0.122. The first-order chi connectivity index (χ1) is 31.3. The van der Waals surface area contributed by atoms with E-state index in [1.165, 1.54) is 16.7 Å². The molecular weight excluding hydrogens is 775 g/mol. The number of benzene rings is 6. The average molecular weight is 824 g/mol. The number of pyridine rings is 3. The largest absolute Gasteiger partial charge is 0.256 e. The molecule has 0 bridgehead atoms. The first-order valence-corrected chi connectivity index (χ1v) is 21.8. The number of aromatic nitrogens is 3. The van der Waals surface area contributed by atoms with Gasteiger partial charge in [-0.15, -0.1) is 0 Å². The van der Waals surface area contributed by atoms with E-state index in [0.717, 1.165) is 78.3 Å². The highest BCUT2D eigenvalue weighted by Gasteiger charge is 2.14. The molecule has 0 spiro atoms. The van der Waals surface area contributed by atoms with Crippen molar-refractivity contribution in [1.82, 2.24) is 15.0 Å². The second kappa shape index (κ2) is 18.9. The van der Waals surface area contributed by atoms with Gasteiger partial charge in [-0.25, -0.2) is 0 Å². The zero-order valence-corrected chi connectivity index (χ0v) is 36.4. The molecule has 0 amide bonds. The lowest BCUT2D eigenvalue weighted by Crippen LogP contribution is -2.11. The zero-order chi connectivity index (χ0) is 43.7. The lowest BCUT2D eigenvalue weighted by molar-refractivity contribution is 0.589. The van der Waals surface area contributed by atoms with Crippen LogP contribution in [0.25, 0.3) is 92.5 Å². The Bertz CT molecular complexity index is 2930. The van der Waals surface area contributed by atoms with E-state index >= 15 is 0 Å². The third kappa shape index (κ3) is 10.4. The van der Waals surface area contributed by atoms with E-state index in [1.54, 1.807) is 0 Å². The second-order valence-electron chi connectivity index (χ2n) is 17.1. The summed E-state index contributed by atoms with van der Waals surface area (Å²) in [5, 5.41) is 0. The Morgan fingerprint density at radius 3 is 0.969 bits per heavy atom. The Hall–Kier alpha value is -8.01. The topological polar surface area (TPSA) is 38.7 Å². The standard InChI is InChI=1S/C61H49N3/c1-61(2,3)57-34-37-64-60(43-57)54-30-24-46(25-31-54)16-19-49-39-47(17-14-44-20-26-52(27-21-44)58-41-55(32-35-62-58)50-10-6-4-7-11-50)38-48(40-49)18-15-45-22-28-53(29-23-45)59-42-56(33-36-63-59)51-12-8-5-9-13-51/h4-43H,1-3H3/b17-14+,18-15+,19-16+. The van der Waals surface area contributed by atoms with Crippen molar-refractivity contribution >= 4 is 36.5 Å². The van der Waals surface area contributed by atoms with Crippen LogP contribution in [0.5, 0.6) is 0 Å². The van der Waals surface area contributed by atoms with Crippen LogP contribution in [-0.2, 0) is 5.41 Å². The van der Waals surface area contributed by atoms with Crippen molar-refractivity contribution in [3.05, 3.63) is 246 Å². The first-order valence-electron chi connectivity index (χ1n) is 21.8. The van der Waals surface area contributed by atoms with Crippen LogP contribution in [0.2, 0.25) is 0 Å². The summed E-state index contributed by atoms with van der Waals surface area (Å²) in [5.41, 5.74) is 18.9. The van der Waals surface area contributed by atoms with Gasteiger partial charge in [0.2, 0.25) is 0 Å². The predicted molar refractivity (Wildman–Crippen MR) is 272 cm³/mol. The summed E-state index contributed by atoms with van der Waals surface area (Å²) in [6.07, 6.45) is 18.8. The van der Waals surface area contributed by atoms with Crippen molar-refractivity contribution in [2.45, 2.75) is 26.2 Å². The first kappa shape index (κ1) is 41.3. The Balaban J connectivity index is 0.963. The molecule has 9 aromatic rings. The predicted octanol–water partition coefficient (Wildman–Crippen LogP) is 16.0. The maximum atomic E-state index is 4.68. The van der Waals surface area contributed by atoms with Crippen molar-refractivity contribution in [2.24, 2.45) is 0 Å². The number of hydrogen-bond donors (Lipinski definition) is 0. The summed E-state index contributed by atoms with van der Waals surface area (Å²) >= 11 is 0. The Kier molecular flexibility index (Phi) is 12.2. The van der Waals surface area contributed by atoms with E-state index in [0.29, 0.717) is 0 Å². The summed E-state index contributed by atoms with van der Waals surface area (Å²) in [5.74, 6) is 0. The van der Waals surface area contributed by atoms with E-state index in [1.807, 2.05) is 30.7 Å². The van der Waals surface area contributed by atoms with Crippen molar-refractivity contribution in [3.8, 4) is 56.0 Å². The van der Waals surface area contributed by atoms with Crippen LogP contribution in [0, 0.1) is 0 Å². The van der Waals surface area contributed by atoms with E-state index < -0.39 is 0 Å². The van der Waals surface area contributed by atoms with E-state index in [4.69, 9.17) is 0 Å². The number of rotatable bonds is 11. The highest BCUT2D eigenvalue weighted by atomic mass is 14.7. The summed E-state index contributed by atoms with van der Waals surface area (Å²) in [4.78, 5) is 14.0. The summed E-state index contributed by atoms with van der Waals surface area (Å²) in [6.45, 7) is 6.70. The van der Waals surface area contributed by atoms with Gasteiger partial charge in [-0.05, 0) is 121 Å². The van der Waals surface area contributed by atoms with Crippen LogP contribution >= 0.6 is 0 Å². The molecule has 0 fully saturated rings. The smallest absolute Gasteiger partial charge is 0.0708 e. The van der Waals surface area contributed by atoms with Gasteiger partial charge >= 0.3 is 0 Å². The SMILES string of the molecule is CC(C)(C)c1ccnc(-c2ccc(/C=C/c3cc(/C=C/c4ccc(-c5cc(-c6ccccc6)ccn5)cc4)cc(/C=C/c4ccc(-c5cc(-c6ccccc6)ccn5)cc4)c3)cc2)c1. The molecule has 0 atom stereocenters. The van der Waals surface area contributed by atoms with Crippen LogP contribution in [-0.4, -0.2) is 15.0 Å². The van der Waals surface area contributed by atoms with Crippen molar-refractivity contribution in [3.63, 3.8) is 0 Å². The Labute approximate surface area is 377 Å². The molecule has 64 heavy (non-hydrogen) atoms. The summed E-state index contributed by atoms with van der Waals surface area (Å²) < 4.78 is 0. The average Bonchev–Trinajstić information content (AvgIpc) is 3.35. The van der Waals surface area contributed by atoms with E-state index in [9.17, 15) is 0 Å². The van der Waals surface area contributed by atoms with Crippen molar-refractivity contribution in [1.29, 1.82) is 0 Å². The molecule has 0 aliphatic rings. The van der Waals surface area contributed by atoms with Crippen molar-refractivity contribution in [2.75, 3.05) is 0 Å². The molecule has 0 aliphatic carbocycles. The monoisotopic (exact) mass is 823 g/mol. The molecule has 6 aromatic carbocycles. The van der Waals surface area contributed by atoms with Gasteiger partial charge in [-0.1, -0.05) is 191 Å². The third-order valence-electron chi connectivity index (χ3n) is 11.4.